The van der Waals surface area contributed by atoms with Crippen molar-refractivity contribution in [1.82, 2.24) is 0 Å². The van der Waals surface area contributed by atoms with E-state index in [9.17, 15) is 18.0 Å². The summed E-state index contributed by atoms with van der Waals surface area (Å²) in [4.78, 5) is 14.8. The maximum absolute atomic E-state index is 12.9. The van der Waals surface area contributed by atoms with Crippen molar-refractivity contribution in [3.8, 4) is 16.2 Å². The van der Waals surface area contributed by atoms with Gasteiger partial charge in [-0.25, -0.2) is 0 Å². The van der Waals surface area contributed by atoms with Gasteiger partial charge in [0.05, 0.1) is 12.2 Å². The van der Waals surface area contributed by atoms with Gasteiger partial charge in [0, 0.05) is 21.7 Å². The van der Waals surface area contributed by atoms with E-state index in [4.69, 9.17) is 9.84 Å². The third-order valence-corrected chi connectivity index (χ3v) is 6.65. The lowest BCUT2D eigenvalue weighted by atomic mass is 9.98. The van der Waals surface area contributed by atoms with E-state index < -0.39 is 11.7 Å². The molecular formula is C26H27F3O3S. The standard InChI is InChI=1S/C26H27F3O3S/c1-16(2)21-15-25(18-4-7-20(8-5-18)26(27,28)29)33-24(21)11-9-22(31)19-6-10-23(17(3)14-19)32-13-12-30/h4-8,10,14-16,30H,9,11-13H2,1-3H3. The normalized spacial score (nSPS) is 11.8. The van der Waals surface area contributed by atoms with E-state index in [2.05, 4.69) is 13.8 Å². The fourth-order valence-electron chi connectivity index (χ4n) is 3.60. The number of Topliss-reactive ketones (excluding diaryl/α,β-unsaturated/α-hetero) is 1. The quantitative estimate of drug-likeness (QED) is 0.337. The number of aryl methyl sites for hydroxylation is 2. The number of ketones is 1. The first-order valence-electron chi connectivity index (χ1n) is 10.8. The third-order valence-electron chi connectivity index (χ3n) is 5.39. The number of hydrogen-bond donors (Lipinski definition) is 1. The van der Waals surface area contributed by atoms with E-state index in [0.717, 1.165) is 38.6 Å². The SMILES string of the molecule is Cc1cc(C(=O)CCc2sc(-c3ccc(C(F)(F)F)cc3)cc2C(C)C)ccc1OCCO. The highest BCUT2D eigenvalue weighted by Crippen LogP contribution is 2.37. The van der Waals surface area contributed by atoms with Gasteiger partial charge >= 0.3 is 6.18 Å². The number of ether oxygens (including phenoxy) is 1. The van der Waals surface area contributed by atoms with E-state index in [-0.39, 0.29) is 24.9 Å². The predicted octanol–water partition coefficient (Wildman–Crippen LogP) is 7.05. The Balaban J connectivity index is 1.75. The number of benzene rings is 2. The Kier molecular flexibility index (Phi) is 7.97. The molecule has 3 nitrogen and oxygen atoms in total. The molecule has 3 rings (SSSR count). The van der Waals surface area contributed by atoms with Gasteiger partial charge in [0.25, 0.3) is 0 Å². The molecule has 0 saturated carbocycles. The highest BCUT2D eigenvalue weighted by Gasteiger charge is 2.30. The summed E-state index contributed by atoms with van der Waals surface area (Å²) in [6.07, 6.45) is -3.45. The van der Waals surface area contributed by atoms with Crippen LogP contribution in [0.25, 0.3) is 10.4 Å². The van der Waals surface area contributed by atoms with Crippen molar-refractivity contribution < 1.29 is 27.8 Å². The molecule has 1 N–H and O–H groups in total. The Labute approximate surface area is 195 Å². The van der Waals surface area contributed by atoms with Crippen molar-refractivity contribution in [3.63, 3.8) is 0 Å². The van der Waals surface area contributed by atoms with Gasteiger partial charge in [0.2, 0.25) is 0 Å². The highest BCUT2D eigenvalue weighted by atomic mass is 32.1. The molecule has 0 radical (unpaired) electrons. The first-order valence-corrected chi connectivity index (χ1v) is 11.6. The van der Waals surface area contributed by atoms with Crippen molar-refractivity contribution in [1.29, 1.82) is 0 Å². The molecule has 0 amide bonds. The van der Waals surface area contributed by atoms with Gasteiger partial charge in [0.15, 0.2) is 5.78 Å². The number of carbonyl (C=O) groups excluding carboxylic acids is 1. The van der Waals surface area contributed by atoms with Crippen LogP contribution < -0.4 is 4.74 Å². The van der Waals surface area contributed by atoms with Crippen molar-refractivity contribution in [2.45, 2.75) is 45.7 Å². The number of carbonyl (C=O) groups is 1. The van der Waals surface area contributed by atoms with E-state index in [1.165, 1.54) is 23.5 Å². The lowest BCUT2D eigenvalue weighted by molar-refractivity contribution is -0.137. The summed E-state index contributed by atoms with van der Waals surface area (Å²) in [6.45, 7) is 6.12. The minimum absolute atomic E-state index is 0.0194. The Morgan fingerprint density at radius 1 is 1.09 bits per heavy atom. The van der Waals surface area contributed by atoms with Gasteiger partial charge in [-0.2, -0.15) is 13.2 Å². The van der Waals surface area contributed by atoms with Gasteiger partial charge in [0.1, 0.15) is 12.4 Å². The summed E-state index contributed by atoms with van der Waals surface area (Å²) in [5.41, 5.74) is 2.63. The molecule has 0 aliphatic carbocycles. The topological polar surface area (TPSA) is 46.5 Å². The number of thiophene rings is 1. The average molecular weight is 477 g/mol. The molecule has 0 unspecified atom stereocenters. The van der Waals surface area contributed by atoms with Crippen LogP contribution in [0.5, 0.6) is 5.75 Å². The summed E-state index contributed by atoms with van der Waals surface area (Å²) < 4.78 is 44.0. The summed E-state index contributed by atoms with van der Waals surface area (Å²) >= 11 is 1.53. The first-order chi connectivity index (χ1) is 15.6. The molecule has 0 bridgehead atoms. The second kappa shape index (κ2) is 10.5. The molecule has 0 spiro atoms. The molecule has 176 valence electrons. The summed E-state index contributed by atoms with van der Waals surface area (Å²) in [7, 11) is 0. The number of alkyl halides is 3. The van der Waals surface area contributed by atoms with Crippen LogP contribution in [0, 0.1) is 6.92 Å². The number of halogens is 3. The van der Waals surface area contributed by atoms with Crippen LogP contribution in [-0.2, 0) is 12.6 Å². The fraction of sp³-hybridized carbons (Fsp3) is 0.346. The molecule has 0 aliphatic rings. The van der Waals surface area contributed by atoms with Gasteiger partial charge in [-0.1, -0.05) is 26.0 Å². The molecule has 0 aliphatic heterocycles. The van der Waals surface area contributed by atoms with Crippen molar-refractivity contribution in [2.24, 2.45) is 0 Å². The van der Waals surface area contributed by atoms with Crippen molar-refractivity contribution in [3.05, 3.63) is 75.7 Å². The summed E-state index contributed by atoms with van der Waals surface area (Å²) in [6, 6.07) is 12.5. The molecule has 0 fully saturated rings. The molecule has 2 aromatic carbocycles. The van der Waals surface area contributed by atoms with Crippen LogP contribution in [0.3, 0.4) is 0 Å². The molecule has 1 aromatic heterocycles. The van der Waals surface area contributed by atoms with E-state index >= 15 is 0 Å². The predicted molar refractivity (Wildman–Crippen MR) is 125 cm³/mol. The average Bonchev–Trinajstić information content (AvgIpc) is 3.21. The molecule has 0 saturated heterocycles. The monoisotopic (exact) mass is 476 g/mol. The second-order valence-electron chi connectivity index (χ2n) is 8.19. The Bertz CT molecular complexity index is 1100. The van der Waals surface area contributed by atoms with E-state index in [0.29, 0.717) is 24.2 Å². The van der Waals surface area contributed by atoms with E-state index in [1.54, 1.807) is 18.2 Å². The minimum Gasteiger partial charge on any atom is -0.491 e. The van der Waals surface area contributed by atoms with Crippen LogP contribution in [-0.4, -0.2) is 24.1 Å². The van der Waals surface area contributed by atoms with Crippen LogP contribution in [0.2, 0.25) is 0 Å². The second-order valence-corrected chi connectivity index (χ2v) is 9.33. The largest absolute Gasteiger partial charge is 0.491 e. The minimum atomic E-state index is -4.36. The van der Waals surface area contributed by atoms with Crippen LogP contribution >= 0.6 is 11.3 Å². The van der Waals surface area contributed by atoms with Gasteiger partial charge in [-0.05, 0) is 72.4 Å². The molecule has 1 heterocycles. The Morgan fingerprint density at radius 3 is 2.36 bits per heavy atom. The lowest BCUT2D eigenvalue weighted by Gasteiger charge is -2.10. The summed E-state index contributed by atoms with van der Waals surface area (Å²) in [5.74, 6) is 0.896. The lowest BCUT2D eigenvalue weighted by Crippen LogP contribution is -2.05. The van der Waals surface area contributed by atoms with Crippen molar-refractivity contribution in [2.75, 3.05) is 13.2 Å². The van der Waals surface area contributed by atoms with Crippen LogP contribution in [0.15, 0.2) is 48.5 Å². The first kappa shape index (κ1) is 25.0. The molecule has 33 heavy (non-hydrogen) atoms. The number of hydrogen-bond acceptors (Lipinski definition) is 4. The smallest absolute Gasteiger partial charge is 0.416 e. The summed E-state index contributed by atoms with van der Waals surface area (Å²) in [5, 5.41) is 8.90. The number of rotatable bonds is 9. The highest BCUT2D eigenvalue weighted by molar-refractivity contribution is 7.15. The van der Waals surface area contributed by atoms with Crippen LogP contribution in [0.4, 0.5) is 13.2 Å². The Morgan fingerprint density at radius 2 is 1.79 bits per heavy atom. The van der Waals surface area contributed by atoms with E-state index in [1.807, 2.05) is 13.0 Å². The van der Waals surface area contributed by atoms with Gasteiger partial charge in [-0.3, -0.25) is 4.79 Å². The molecule has 0 atom stereocenters. The van der Waals surface area contributed by atoms with Gasteiger partial charge in [-0.15, -0.1) is 11.3 Å². The molecule has 7 heteroatoms. The zero-order valence-corrected chi connectivity index (χ0v) is 19.6. The van der Waals surface area contributed by atoms with Crippen LogP contribution in [0.1, 0.15) is 58.1 Å². The fourth-order valence-corrected chi connectivity index (χ4v) is 4.93. The van der Waals surface area contributed by atoms with Gasteiger partial charge < -0.3 is 9.84 Å². The third kappa shape index (κ3) is 6.24. The van der Waals surface area contributed by atoms with Crippen molar-refractivity contribution >= 4 is 17.1 Å². The molecular weight excluding hydrogens is 449 g/mol. The zero-order valence-electron chi connectivity index (χ0n) is 18.8. The maximum Gasteiger partial charge on any atom is 0.416 e. The number of aliphatic hydroxyl groups is 1. The Hall–Kier alpha value is -2.64. The maximum atomic E-state index is 12.9. The number of aliphatic hydroxyl groups excluding tert-OH is 1. The molecule has 3 aromatic rings. The zero-order chi connectivity index (χ0) is 24.2.